The molecule has 1 rings (SSSR count). The van der Waals surface area contributed by atoms with Crippen molar-refractivity contribution in [1.29, 1.82) is 0 Å². The first-order valence-electron chi connectivity index (χ1n) is 5.61. The Kier molecular flexibility index (Phi) is 6.06. The highest BCUT2D eigenvalue weighted by atomic mass is 16.4. The van der Waals surface area contributed by atoms with Crippen LogP contribution in [0, 0.1) is 0 Å². The molecule has 0 heterocycles. The van der Waals surface area contributed by atoms with E-state index in [9.17, 15) is 5.11 Å². The minimum atomic E-state index is -0.0103. The van der Waals surface area contributed by atoms with E-state index in [1.807, 2.05) is 30.3 Å². The number of nitrogens with two attached hydrogens (primary N) is 1. The van der Waals surface area contributed by atoms with Crippen LogP contribution in [0.25, 0.3) is 0 Å². The van der Waals surface area contributed by atoms with Crippen LogP contribution in [-0.4, -0.2) is 35.3 Å². The third-order valence-corrected chi connectivity index (χ3v) is 2.49. The van der Waals surface area contributed by atoms with Crippen LogP contribution in [0.4, 0.5) is 0 Å². The number of rotatable bonds is 7. The monoisotopic (exact) mass is 237 g/mol. The third kappa shape index (κ3) is 5.33. The quantitative estimate of drug-likeness (QED) is 0.238. The standard InChI is InChI=1S/C12H19N3O2/c13-12(15-17)6-7-14-11(9-16)8-10-4-2-1-3-5-10/h1-5,11,14,16-17H,6-9H2,(H2,13,15). The van der Waals surface area contributed by atoms with Crippen molar-refractivity contribution in [2.45, 2.75) is 18.9 Å². The first-order chi connectivity index (χ1) is 8.26. The molecule has 94 valence electrons. The maximum atomic E-state index is 9.24. The van der Waals surface area contributed by atoms with E-state index in [1.54, 1.807) is 0 Å². The summed E-state index contributed by atoms with van der Waals surface area (Å²) in [6.45, 7) is 0.638. The van der Waals surface area contributed by atoms with Crippen LogP contribution in [0.3, 0.4) is 0 Å². The van der Waals surface area contributed by atoms with Crippen molar-refractivity contribution in [3.8, 4) is 0 Å². The van der Waals surface area contributed by atoms with Gasteiger partial charge in [0.25, 0.3) is 0 Å². The number of aliphatic hydroxyl groups excluding tert-OH is 1. The van der Waals surface area contributed by atoms with Crippen LogP contribution < -0.4 is 11.1 Å². The molecule has 1 aromatic carbocycles. The summed E-state index contributed by atoms with van der Waals surface area (Å²) in [5.74, 6) is 0.189. The Morgan fingerprint density at radius 2 is 2.06 bits per heavy atom. The Labute approximate surface area is 101 Å². The highest BCUT2D eigenvalue weighted by molar-refractivity contribution is 5.79. The predicted octanol–water partition coefficient (Wildman–Crippen LogP) is 0.316. The molecule has 0 spiro atoms. The zero-order chi connectivity index (χ0) is 12.5. The van der Waals surface area contributed by atoms with Gasteiger partial charge in [-0.25, -0.2) is 0 Å². The molecule has 5 heteroatoms. The van der Waals surface area contributed by atoms with Crippen molar-refractivity contribution in [2.75, 3.05) is 13.2 Å². The molecule has 1 atom stereocenters. The Hall–Kier alpha value is -1.59. The fraction of sp³-hybridized carbons (Fsp3) is 0.417. The lowest BCUT2D eigenvalue weighted by Gasteiger charge is -2.16. The topological polar surface area (TPSA) is 90.9 Å². The van der Waals surface area contributed by atoms with Gasteiger partial charge in [0.15, 0.2) is 0 Å². The Bertz CT molecular complexity index is 341. The molecule has 1 unspecified atom stereocenters. The van der Waals surface area contributed by atoms with Crippen LogP contribution >= 0.6 is 0 Å². The lowest BCUT2D eigenvalue weighted by molar-refractivity contribution is 0.242. The summed E-state index contributed by atoms with van der Waals surface area (Å²) in [4.78, 5) is 0. The zero-order valence-corrected chi connectivity index (χ0v) is 9.71. The molecule has 0 aromatic heterocycles. The lowest BCUT2D eigenvalue weighted by atomic mass is 10.1. The average Bonchev–Trinajstić information content (AvgIpc) is 2.38. The molecule has 0 saturated heterocycles. The van der Waals surface area contributed by atoms with Crippen LogP contribution in [0.5, 0.6) is 0 Å². The molecule has 0 amide bonds. The smallest absolute Gasteiger partial charge is 0.140 e. The SMILES string of the molecule is NC(CCNC(CO)Cc1ccccc1)=NO. The molecule has 17 heavy (non-hydrogen) atoms. The van der Waals surface area contributed by atoms with Crippen LogP contribution in [0.2, 0.25) is 0 Å². The predicted molar refractivity (Wildman–Crippen MR) is 67.0 cm³/mol. The largest absolute Gasteiger partial charge is 0.409 e. The molecule has 1 aromatic rings. The number of nitrogens with one attached hydrogen (secondary N) is 1. The van der Waals surface area contributed by atoms with Gasteiger partial charge in [-0.2, -0.15) is 0 Å². The average molecular weight is 237 g/mol. The number of hydrogen-bond donors (Lipinski definition) is 4. The second kappa shape index (κ2) is 7.65. The Balaban J connectivity index is 2.34. The number of oxime groups is 1. The normalized spacial score (nSPS) is 13.6. The van der Waals surface area contributed by atoms with E-state index in [-0.39, 0.29) is 18.5 Å². The summed E-state index contributed by atoms with van der Waals surface area (Å²) in [6, 6.07) is 9.94. The maximum Gasteiger partial charge on any atom is 0.140 e. The van der Waals surface area contributed by atoms with Crippen molar-refractivity contribution in [2.24, 2.45) is 10.9 Å². The van der Waals surface area contributed by atoms with E-state index in [4.69, 9.17) is 10.9 Å². The Morgan fingerprint density at radius 1 is 1.35 bits per heavy atom. The second-order valence-electron chi connectivity index (χ2n) is 3.86. The summed E-state index contributed by atoms with van der Waals surface area (Å²) >= 11 is 0. The number of benzene rings is 1. The van der Waals surface area contributed by atoms with Gasteiger partial charge in [-0.3, -0.25) is 0 Å². The number of hydrogen-bond acceptors (Lipinski definition) is 4. The lowest BCUT2D eigenvalue weighted by Crippen LogP contribution is -2.36. The fourth-order valence-electron chi connectivity index (χ4n) is 1.55. The third-order valence-electron chi connectivity index (χ3n) is 2.49. The van der Waals surface area contributed by atoms with Crippen LogP contribution in [0.1, 0.15) is 12.0 Å². The summed E-state index contributed by atoms with van der Waals surface area (Å²) in [5, 5.41) is 23.7. The van der Waals surface area contributed by atoms with Gasteiger partial charge in [-0.1, -0.05) is 35.5 Å². The molecule has 5 nitrogen and oxygen atoms in total. The molecule has 0 radical (unpaired) electrons. The minimum Gasteiger partial charge on any atom is -0.409 e. The molecular weight excluding hydrogens is 218 g/mol. The summed E-state index contributed by atoms with van der Waals surface area (Å²) in [6.07, 6.45) is 1.22. The van der Waals surface area contributed by atoms with Gasteiger partial charge < -0.3 is 21.4 Å². The van der Waals surface area contributed by atoms with E-state index >= 15 is 0 Å². The molecule has 0 bridgehead atoms. The van der Waals surface area contributed by atoms with Gasteiger partial charge in [0, 0.05) is 19.0 Å². The molecule has 0 fully saturated rings. The fourth-order valence-corrected chi connectivity index (χ4v) is 1.55. The molecular formula is C12H19N3O2. The molecule has 0 saturated carbocycles. The van der Waals surface area contributed by atoms with Gasteiger partial charge in [-0.15, -0.1) is 0 Å². The number of aliphatic hydroxyl groups is 1. The van der Waals surface area contributed by atoms with Crippen LogP contribution in [0.15, 0.2) is 35.5 Å². The van der Waals surface area contributed by atoms with E-state index in [1.165, 1.54) is 5.56 Å². The van der Waals surface area contributed by atoms with Gasteiger partial charge >= 0.3 is 0 Å². The van der Waals surface area contributed by atoms with Crippen molar-refractivity contribution in [1.82, 2.24) is 5.32 Å². The molecule has 0 aliphatic carbocycles. The number of amidine groups is 1. The maximum absolute atomic E-state index is 9.24. The van der Waals surface area contributed by atoms with E-state index in [0.29, 0.717) is 13.0 Å². The van der Waals surface area contributed by atoms with Crippen molar-refractivity contribution in [3.63, 3.8) is 0 Å². The van der Waals surface area contributed by atoms with E-state index in [2.05, 4.69) is 10.5 Å². The van der Waals surface area contributed by atoms with Gasteiger partial charge in [0.2, 0.25) is 0 Å². The molecule has 0 aliphatic heterocycles. The summed E-state index contributed by atoms with van der Waals surface area (Å²) < 4.78 is 0. The van der Waals surface area contributed by atoms with Crippen LogP contribution in [-0.2, 0) is 6.42 Å². The highest BCUT2D eigenvalue weighted by Gasteiger charge is 2.07. The van der Waals surface area contributed by atoms with E-state index in [0.717, 1.165) is 6.42 Å². The van der Waals surface area contributed by atoms with Gasteiger partial charge in [-0.05, 0) is 12.0 Å². The van der Waals surface area contributed by atoms with Crippen molar-refractivity contribution >= 4 is 5.84 Å². The Morgan fingerprint density at radius 3 is 2.65 bits per heavy atom. The highest BCUT2D eigenvalue weighted by Crippen LogP contribution is 2.02. The molecule has 0 aliphatic rings. The van der Waals surface area contributed by atoms with Gasteiger partial charge in [0.05, 0.1) is 6.61 Å². The first-order valence-corrected chi connectivity index (χ1v) is 5.61. The number of nitrogens with zero attached hydrogens (tertiary/aromatic N) is 1. The second-order valence-corrected chi connectivity index (χ2v) is 3.86. The summed E-state index contributed by atoms with van der Waals surface area (Å²) in [7, 11) is 0. The van der Waals surface area contributed by atoms with Crippen molar-refractivity contribution in [3.05, 3.63) is 35.9 Å². The zero-order valence-electron chi connectivity index (χ0n) is 9.71. The molecule has 5 N–H and O–H groups in total. The van der Waals surface area contributed by atoms with Crippen molar-refractivity contribution < 1.29 is 10.3 Å². The minimum absolute atomic E-state index is 0.0103. The first kappa shape index (κ1) is 13.5. The van der Waals surface area contributed by atoms with Gasteiger partial charge in [0.1, 0.15) is 5.84 Å². The summed E-state index contributed by atoms with van der Waals surface area (Å²) in [5.41, 5.74) is 6.52. The van der Waals surface area contributed by atoms with E-state index < -0.39 is 0 Å².